The number of benzene rings is 1. The summed E-state index contributed by atoms with van der Waals surface area (Å²) in [7, 11) is 0. The molecule has 0 spiro atoms. The average molecular weight is 387 g/mol. The van der Waals surface area contributed by atoms with E-state index in [9.17, 15) is 9.59 Å². The first-order valence-electron chi connectivity index (χ1n) is 6.70. The van der Waals surface area contributed by atoms with E-state index in [-0.39, 0.29) is 11.9 Å². The van der Waals surface area contributed by atoms with Crippen molar-refractivity contribution in [3.05, 3.63) is 33.4 Å². The molecule has 1 aromatic rings. The summed E-state index contributed by atoms with van der Waals surface area (Å²) in [6.45, 7) is 4.86. The number of carbonyl (C=O) groups is 2. The Morgan fingerprint density at radius 1 is 1.15 bits per heavy atom. The van der Waals surface area contributed by atoms with Crippen molar-refractivity contribution < 1.29 is 9.59 Å². The fraction of sp³-hybridized carbons (Fsp3) is 0.429. The summed E-state index contributed by atoms with van der Waals surface area (Å²) in [6.07, 6.45) is 0. The van der Waals surface area contributed by atoms with Crippen LogP contribution in [0.25, 0.3) is 0 Å². The van der Waals surface area contributed by atoms with E-state index in [4.69, 9.17) is 0 Å². The van der Waals surface area contributed by atoms with Gasteiger partial charge in [-0.2, -0.15) is 0 Å². The molecule has 0 saturated carbocycles. The lowest BCUT2D eigenvalue weighted by Crippen LogP contribution is -2.53. The second kappa shape index (κ2) is 6.92. The summed E-state index contributed by atoms with van der Waals surface area (Å²) >= 11 is 2.18. The lowest BCUT2D eigenvalue weighted by atomic mass is 10.2. The van der Waals surface area contributed by atoms with Crippen LogP contribution in [0.5, 0.6) is 0 Å². The van der Waals surface area contributed by atoms with Crippen molar-refractivity contribution in [2.24, 2.45) is 0 Å². The van der Waals surface area contributed by atoms with E-state index in [0.717, 1.165) is 9.13 Å². The molecule has 0 aliphatic carbocycles. The van der Waals surface area contributed by atoms with Crippen molar-refractivity contribution in [2.75, 3.05) is 32.7 Å². The first kappa shape index (κ1) is 15.1. The molecule has 0 atom stereocenters. The molecule has 0 radical (unpaired) electrons. The van der Waals surface area contributed by atoms with Crippen LogP contribution in [-0.2, 0) is 0 Å². The molecule has 1 N–H and O–H groups in total. The largest absolute Gasteiger partial charge is 0.338 e. The smallest absolute Gasteiger partial charge is 0.317 e. The van der Waals surface area contributed by atoms with Gasteiger partial charge in [-0.15, -0.1) is 0 Å². The highest BCUT2D eigenvalue weighted by atomic mass is 127. The maximum atomic E-state index is 12.4. The normalized spacial score (nSPS) is 15.1. The number of hydrogen-bond acceptors (Lipinski definition) is 2. The van der Waals surface area contributed by atoms with Crippen LogP contribution in [0.4, 0.5) is 4.79 Å². The van der Waals surface area contributed by atoms with Gasteiger partial charge in [0.05, 0.1) is 5.56 Å². The summed E-state index contributed by atoms with van der Waals surface area (Å²) in [4.78, 5) is 27.7. The van der Waals surface area contributed by atoms with Crippen LogP contribution in [0.1, 0.15) is 17.3 Å². The number of nitrogens with one attached hydrogen (secondary N) is 1. The molecule has 0 aromatic heterocycles. The van der Waals surface area contributed by atoms with Gasteiger partial charge in [0.1, 0.15) is 0 Å². The molecule has 1 aliphatic rings. The number of urea groups is 1. The Morgan fingerprint density at radius 3 is 2.35 bits per heavy atom. The predicted molar refractivity (Wildman–Crippen MR) is 85.7 cm³/mol. The highest BCUT2D eigenvalue weighted by Crippen LogP contribution is 2.15. The van der Waals surface area contributed by atoms with Crippen LogP contribution >= 0.6 is 22.6 Å². The van der Waals surface area contributed by atoms with E-state index in [0.29, 0.717) is 32.7 Å². The van der Waals surface area contributed by atoms with Gasteiger partial charge >= 0.3 is 6.03 Å². The maximum Gasteiger partial charge on any atom is 0.317 e. The molecule has 1 heterocycles. The monoisotopic (exact) mass is 387 g/mol. The quantitative estimate of drug-likeness (QED) is 0.787. The minimum atomic E-state index is -0.0473. The molecule has 0 bridgehead atoms. The Bertz CT molecular complexity index is 499. The van der Waals surface area contributed by atoms with E-state index in [1.54, 1.807) is 4.90 Å². The van der Waals surface area contributed by atoms with Crippen molar-refractivity contribution in [2.45, 2.75) is 6.92 Å². The van der Waals surface area contributed by atoms with Crippen molar-refractivity contribution in [1.29, 1.82) is 0 Å². The van der Waals surface area contributed by atoms with E-state index in [1.807, 2.05) is 36.1 Å². The summed E-state index contributed by atoms with van der Waals surface area (Å²) in [5.41, 5.74) is 0.736. The second-order valence-electron chi connectivity index (χ2n) is 4.59. The third kappa shape index (κ3) is 3.41. The standard InChI is InChI=1S/C14H18IN3O2/c1-2-16-14(20)18-9-7-17(8-10-18)13(19)11-5-3-4-6-12(11)15/h3-6H,2,7-10H2,1H3,(H,16,20). The molecule has 2 rings (SSSR count). The highest BCUT2D eigenvalue weighted by molar-refractivity contribution is 14.1. The van der Waals surface area contributed by atoms with Crippen molar-refractivity contribution in [3.63, 3.8) is 0 Å². The maximum absolute atomic E-state index is 12.4. The molecule has 1 fully saturated rings. The van der Waals surface area contributed by atoms with Gasteiger partial charge in [0.2, 0.25) is 0 Å². The number of amides is 3. The third-order valence-electron chi connectivity index (χ3n) is 3.29. The van der Waals surface area contributed by atoms with Gasteiger partial charge in [0.25, 0.3) is 5.91 Å². The molecular formula is C14H18IN3O2. The Labute approximate surface area is 132 Å². The first-order chi connectivity index (χ1) is 9.63. The van der Waals surface area contributed by atoms with Crippen molar-refractivity contribution in [1.82, 2.24) is 15.1 Å². The molecular weight excluding hydrogens is 369 g/mol. The number of halogens is 1. The Balaban J connectivity index is 1.96. The van der Waals surface area contributed by atoms with Gasteiger partial charge in [0, 0.05) is 36.3 Å². The van der Waals surface area contributed by atoms with Gasteiger partial charge in [0.15, 0.2) is 0 Å². The molecule has 1 saturated heterocycles. The molecule has 1 aliphatic heterocycles. The van der Waals surface area contributed by atoms with E-state index in [2.05, 4.69) is 27.9 Å². The minimum Gasteiger partial charge on any atom is -0.338 e. The number of piperazine rings is 1. The van der Waals surface area contributed by atoms with Gasteiger partial charge in [-0.1, -0.05) is 12.1 Å². The lowest BCUT2D eigenvalue weighted by molar-refractivity contribution is 0.0664. The summed E-state index contributed by atoms with van der Waals surface area (Å²) in [6, 6.07) is 7.53. The third-order valence-corrected chi connectivity index (χ3v) is 4.23. The minimum absolute atomic E-state index is 0.0468. The molecule has 3 amide bonds. The fourth-order valence-corrected chi connectivity index (χ4v) is 2.80. The highest BCUT2D eigenvalue weighted by Gasteiger charge is 2.25. The van der Waals surface area contributed by atoms with Gasteiger partial charge in [-0.25, -0.2) is 4.79 Å². The molecule has 108 valence electrons. The van der Waals surface area contributed by atoms with Crippen LogP contribution in [-0.4, -0.2) is 54.5 Å². The number of nitrogens with zero attached hydrogens (tertiary/aromatic N) is 2. The Hall–Kier alpha value is -1.31. The molecule has 0 unspecified atom stereocenters. The van der Waals surface area contributed by atoms with Crippen LogP contribution in [0, 0.1) is 3.57 Å². The zero-order valence-electron chi connectivity index (χ0n) is 11.4. The topological polar surface area (TPSA) is 52.7 Å². The summed E-state index contributed by atoms with van der Waals surface area (Å²) in [5, 5.41) is 2.78. The van der Waals surface area contributed by atoms with E-state index in [1.165, 1.54) is 0 Å². The van der Waals surface area contributed by atoms with Crippen LogP contribution in [0.2, 0.25) is 0 Å². The SMILES string of the molecule is CCNC(=O)N1CCN(C(=O)c2ccccc2I)CC1. The van der Waals surface area contributed by atoms with E-state index < -0.39 is 0 Å². The van der Waals surface area contributed by atoms with Crippen LogP contribution in [0.3, 0.4) is 0 Å². The predicted octanol–water partition coefficient (Wildman–Crippen LogP) is 1.78. The molecule has 20 heavy (non-hydrogen) atoms. The zero-order valence-corrected chi connectivity index (χ0v) is 13.6. The van der Waals surface area contributed by atoms with E-state index >= 15 is 0 Å². The van der Waals surface area contributed by atoms with Crippen LogP contribution < -0.4 is 5.32 Å². The van der Waals surface area contributed by atoms with Crippen molar-refractivity contribution in [3.8, 4) is 0 Å². The molecule has 6 heteroatoms. The zero-order chi connectivity index (χ0) is 14.5. The average Bonchev–Trinajstić information content (AvgIpc) is 2.47. The van der Waals surface area contributed by atoms with Gasteiger partial charge < -0.3 is 15.1 Å². The van der Waals surface area contributed by atoms with Gasteiger partial charge in [-0.05, 0) is 41.6 Å². The van der Waals surface area contributed by atoms with Crippen molar-refractivity contribution >= 4 is 34.5 Å². The molecule has 1 aromatic carbocycles. The Kier molecular flexibility index (Phi) is 5.22. The first-order valence-corrected chi connectivity index (χ1v) is 7.78. The Morgan fingerprint density at radius 2 is 1.75 bits per heavy atom. The molecule has 5 nitrogen and oxygen atoms in total. The number of hydrogen-bond donors (Lipinski definition) is 1. The number of rotatable bonds is 2. The van der Waals surface area contributed by atoms with Gasteiger partial charge in [-0.3, -0.25) is 4.79 Å². The second-order valence-corrected chi connectivity index (χ2v) is 5.76. The lowest BCUT2D eigenvalue weighted by Gasteiger charge is -2.34. The fourth-order valence-electron chi connectivity index (χ4n) is 2.18. The van der Waals surface area contributed by atoms with Crippen LogP contribution in [0.15, 0.2) is 24.3 Å². The summed E-state index contributed by atoms with van der Waals surface area (Å²) < 4.78 is 0.959. The number of carbonyl (C=O) groups excluding carboxylic acids is 2. The summed E-state index contributed by atoms with van der Waals surface area (Å²) in [5.74, 6) is 0.0468.